The van der Waals surface area contributed by atoms with Crippen LogP contribution in [0.3, 0.4) is 0 Å². The van der Waals surface area contributed by atoms with E-state index in [-0.39, 0.29) is 24.5 Å². The number of nitrogens with two attached hydrogens (primary N) is 1. The quantitative estimate of drug-likeness (QED) is 0.752. The third-order valence-corrected chi connectivity index (χ3v) is 4.31. The van der Waals surface area contributed by atoms with Crippen LogP contribution in [0.1, 0.15) is 21.6 Å². The third kappa shape index (κ3) is 2.58. The van der Waals surface area contributed by atoms with Crippen LogP contribution < -0.4 is 10.5 Å². The molecule has 3 rings (SSSR count). The highest BCUT2D eigenvalue weighted by Crippen LogP contribution is 2.28. The fourth-order valence-corrected chi connectivity index (χ4v) is 2.83. The lowest BCUT2D eigenvalue weighted by Crippen LogP contribution is -2.32. The lowest BCUT2D eigenvalue weighted by molar-refractivity contribution is 0.102. The van der Waals surface area contributed by atoms with Gasteiger partial charge in [0.15, 0.2) is 5.82 Å². The largest absolute Gasteiger partial charge is 0.305 e. The summed E-state index contributed by atoms with van der Waals surface area (Å²) in [5.74, 6) is -1.16. The number of aromatic amines is 1. The van der Waals surface area contributed by atoms with Crippen LogP contribution in [-0.4, -0.2) is 28.8 Å². The number of carbonyl (C=O) groups is 1. The molecule has 0 bridgehead atoms. The van der Waals surface area contributed by atoms with E-state index in [1.807, 2.05) is 0 Å². The number of fused-ring (bicyclic) bond motifs is 1. The predicted molar refractivity (Wildman–Crippen MR) is 75.3 cm³/mol. The van der Waals surface area contributed by atoms with Gasteiger partial charge in [-0.25, -0.2) is 9.53 Å². The first-order valence-corrected chi connectivity index (χ1v) is 7.76. The Labute approximate surface area is 125 Å². The summed E-state index contributed by atoms with van der Waals surface area (Å²) in [6, 6.07) is 5.53. The van der Waals surface area contributed by atoms with Crippen LogP contribution in [-0.2, 0) is 23.3 Å². The molecule has 22 heavy (non-hydrogen) atoms. The molecule has 0 aliphatic carbocycles. The molecule has 0 atom stereocenters. The fraction of sp³-hybridized carbons (Fsp3) is 0.167. The van der Waals surface area contributed by atoms with Crippen molar-refractivity contribution in [2.75, 3.05) is 5.32 Å². The maximum Gasteiger partial charge on any atom is 0.277 e. The van der Waals surface area contributed by atoms with E-state index in [1.165, 1.54) is 24.3 Å². The van der Waals surface area contributed by atoms with E-state index in [9.17, 15) is 17.6 Å². The molecular formula is C12H12FN5O3S. The molecule has 0 saturated heterocycles. The zero-order valence-electron chi connectivity index (χ0n) is 11.2. The number of hydrogen-bond acceptors (Lipinski definition) is 4. The lowest BCUT2D eigenvalue weighted by atomic mass is 10.2. The second-order valence-electron chi connectivity index (χ2n) is 4.78. The van der Waals surface area contributed by atoms with Gasteiger partial charge in [0.05, 0.1) is 17.8 Å². The van der Waals surface area contributed by atoms with E-state index in [0.29, 0.717) is 11.3 Å². The Kier molecular flexibility index (Phi) is 3.43. The molecule has 1 aromatic carbocycles. The molecule has 0 unspecified atom stereocenters. The van der Waals surface area contributed by atoms with Crippen LogP contribution in [0.2, 0.25) is 0 Å². The van der Waals surface area contributed by atoms with Crippen molar-refractivity contribution in [3.63, 3.8) is 0 Å². The molecule has 1 aromatic heterocycles. The third-order valence-electron chi connectivity index (χ3n) is 3.33. The SMILES string of the molecule is NS(=O)(=O)N1Cc2[nH]nc(NC(=O)c3ccccc3F)c2C1. The number of aromatic nitrogens is 2. The van der Waals surface area contributed by atoms with E-state index in [2.05, 4.69) is 15.5 Å². The number of halogens is 1. The minimum atomic E-state index is -3.83. The van der Waals surface area contributed by atoms with Crippen LogP contribution in [0.25, 0.3) is 0 Å². The molecular weight excluding hydrogens is 313 g/mol. The molecule has 1 aliphatic rings. The minimum absolute atomic E-state index is 0.00243. The number of hydrogen-bond donors (Lipinski definition) is 3. The molecule has 8 nitrogen and oxygen atoms in total. The Hall–Kier alpha value is -2.30. The number of carbonyl (C=O) groups excluding carboxylic acids is 1. The first kappa shape index (κ1) is 14.6. The van der Waals surface area contributed by atoms with Gasteiger partial charge in [-0.2, -0.15) is 17.8 Å². The molecule has 10 heteroatoms. The molecule has 2 aromatic rings. The maximum atomic E-state index is 13.6. The Morgan fingerprint density at radius 2 is 2.09 bits per heavy atom. The van der Waals surface area contributed by atoms with Crippen molar-refractivity contribution in [1.82, 2.24) is 14.5 Å². The van der Waals surface area contributed by atoms with Crippen LogP contribution in [0.4, 0.5) is 10.2 Å². The summed E-state index contributed by atoms with van der Waals surface area (Å²) in [5.41, 5.74) is 0.928. The number of nitrogens with one attached hydrogen (secondary N) is 2. The summed E-state index contributed by atoms with van der Waals surface area (Å²) >= 11 is 0. The maximum absolute atomic E-state index is 13.6. The van der Waals surface area contributed by atoms with E-state index in [4.69, 9.17) is 5.14 Å². The van der Waals surface area contributed by atoms with Crippen molar-refractivity contribution in [3.05, 3.63) is 46.9 Å². The smallest absolute Gasteiger partial charge is 0.277 e. The monoisotopic (exact) mass is 325 g/mol. The standard InChI is InChI=1S/C12H12FN5O3S/c13-9-4-2-1-3-7(9)12(19)15-11-8-5-18(22(14,20)21)6-10(8)16-17-11/h1-4H,5-6H2,(H2,14,20,21)(H2,15,16,17,19). The number of anilines is 1. The first-order valence-electron chi connectivity index (χ1n) is 6.26. The Morgan fingerprint density at radius 1 is 1.36 bits per heavy atom. The van der Waals surface area contributed by atoms with Gasteiger partial charge in [0.2, 0.25) is 0 Å². The van der Waals surface area contributed by atoms with Gasteiger partial charge in [0.25, 0.3) is 16.1 Å². The van der Waals surface area contributed by atoms with Gasteiger partial charge in [0, 0.05) is 12.1 Å². The normalized spacial score (nSPS) is 14.8. The molecule has 1 amide bonds. The van der Waals surface area contributed by atoms with Gasteiger partial charge in [-0.1, -0.05) is 12.1 Å². The van der Waals surface area contributed by atoms with Gasteiger partial charge >= 0.3 is 0 Å². The van der Waals surface area contributed by atoms with Gasteiger partial charge in [-0.15, -0.1) is 0 Å². The number of amides is 1. The number of benzene rings is 1. The summed E-state index contributed by atoms with van der Waals surface area (Å²) in [7, 11) is -3.83. The summed E-state index contributed by atoms with van der Waals surface area (Å²) in [6.45, 7) is 0.0499. The van der Waals surface area contributed by atoms with Gasteiger partial charge in [-0.3, -0.25) is 9.89 Å². The molecule has 0 saturated carbocycles. The van der Waals surface area contributed by atoms with Crippen LogP contribution in [0.15, 0.2) is 24.3 Å². The Balaban J connectivity index is 1.82. The number of nitrogens with zero attached hydrogens (tertiary/aromatic N) is 2. The van der Waals surface area contributed by atoms with Crippen LogP contribution in [0, 0.1) is 5.82 Å². The molecule has 4 N–H and O–H groups in total. The van der Waals surface area contributed by atoms with E-state index in [1.54, 1.807) is 0 Å². The minimum Gasteiger partial charge on any atom is -0.305 e. The zero-order chi connectivity index (χ0) is 15.9. The number of H-pyrrole nitrogens is 1. The second-order valence-corrected chi connectivity index (χ2v) is 6.32. The predicted octanol–water partition coefficient (Wildman–Crippen LogP) is 0.320. The van der Waals surface area contributed by atoms with Crippen molar-refractivity contribution in [3.8, 4) is 0 Å². The van der Waals surface area contributed by atoms with E-state index in [0.717, 1.165) is 4.31 Å². The average molecular weight is 325 g/mol. The van der Waals surface area contributed by atoms with Gasteiger partial charge < -0.3 is 5.32 Å². The van der Waals surface area contributed by atoms with Crippen molar-refractivity contribution in [2.45, 2.75) is 13.1 Å². The molecule has 2 heterocycles. The van der Waals surface area contributed by atoms with Crippen LogP contribution >= 0.6 is 0 Å². The van der Waals surface area contributed by atoms with Crippen molar-refractivity contribution >= 4 is 21.9 Å². The highest BCUT2D eigenvalue weighted by Gasteiger charge is 2.31. The summed E-state index contributed by atoms with van der Waals surface area (Å²) in [5, 5.41) is 14.1. The fourth-order valence-electron chi connectivity index (χ4n) is 2.21. The second kappa shape index (κ2) is 5.16. The Morgan fingerprint density at radius 3 is 2.77 bits per heavy atom. The van der Waals surface area contributed by atoms with Crippen molar-refractivity contribution in [2.24, 2.45) is 5.14 Å². The zero-order valence-corrected chi connectivity index (χ0v) is 12.0. The van der Waals surface area contributed by atoms with Crippen LogP contribution in [0.5, 0.6) is 0 Å². The molecule has 1 aliphatic heterocycles. The summed E-state index contributed by atoms with van der Waals surface area (Å²) in [4.78, 5) is 12.0. The summed E-state index contributed by atoms with van der Waals surface area (Å²) in [6.07, 6.45) is 0. The van der Waals surface area contributed by atoms with Gasteiger partial charge in [0.1, 0.15) is 5.82 Å². The van der Waals surface area contributed by atoms with Crippen molar-refractivity contribution < 1.29 is 17.6 Å². The highest BCUT2D eigenvalue weighted by molar-refractivity contribution is 7.86. The Bertz CT molecular complexity index is 848. The number of rotatable bonds is 3. The molecule has 0 radical (unpaired) electrons. The van der Waals surface area contributed by atoms with E-state index < -0.39 is 21.9 Å². The molecule has 0 fully saturated rings. The van der Waals surface area contributed by atoms with Gasteiger partial charge in [-0.05, 0) is 12.1 Å². The van der Waals surface area contributed by atoms with Crippen molar-refractivity contribution in [1.29, 1.82) is 0 Å². The average Bonchev–Trinajstić information content (AvgIpc) is 3.01. The molecule has 116 valence electrons. The topological polar surface area (TPSA) is 121 Å². The molecule has 0 spiro atoms. The van der Waals surface area contributed by atoms with E-state index >= 15 is 0 Å². The summed E-state index contributed by atoms with van der Waals surface area (Å²) < 4.78 is 37.3. The lowest BCUT2D eigenvalue weighted by Gasteiger charge is -2.11. The first-order chi connectivity index (χ1) is 10.4. The highest BCUT2D eigenvalue weighted by atomic mass is 32.2.